The van der Waals surface area contributed by atoms with Crippen LogP contribution in [0, 0.1) is 0 Å². The van der Waals surface area contributed by atoms with Gasteiger partial charge in [0, 0.05) is 18.3 Å². The zero-order valence-corrected chi connectivity index (χ0v) is 10.8. The number of fused-ring (bicyclic) bond motifs is 1. The van der Waals surface area contributed by atoms with Crippen LogP contribution in [-0.2, 0) is 6.54 Å². The van der Waals surface area contributed by atoms with Crippen molar-refractivity contribution in [3.63, 3.8) is 0 Å². The van der Waals surface area contributed by atoms with E-state index in [0.29, 0.717) is 12.2 Å². The highest BCUT2D eigenvalue weighted by Crippen LogP contribution is 2.31. The molecule has 2 N–H and O–H groups in total. The molecular formula is C13H16N4O2. The Morgan fingerprint density at radius 1 is 1.58 bits per heavy atom. The first-order valence-electron chi connectivity index (χ1n) is 6.38. The molecule has 6 nitrogen and oxygen atoms in total. The van der Waals surface area contributed by atoms with Crippen LogP contribution in [0.15, 0.2) is 18.6 Å². The monoisotopic (exact) mass is 260 g/mol. The van der Waals surface area contributed by atoms with Crippen molar-refractivity contribution >= 4 is 11.6 Å². The molecule has 1 saturated carbocycles. The maximum absolute atomic E-state index is 11.2. The number of hydrogen-bond donors (Lipinski definition) is 2. The van der Waals surface area contributed by atoms with E-state index in [4.69, 9.17) is 0 Å². The summed E-state index contributed by atoms with van der Waals surface area (Å²) in [6.07, 6.45) is 6.79. The molecule has 0 atom stereocenters. The summed E-state index contributed by atoms with van der Waals surface area (Å²) >= 11 is 0. The summed E-state index contributed by atoms with van der Waals surface area (Å²) in [5, 5.41) is 16.7. The van der Waals surface area contributed by atoms with Crippen LogP contribution in [0.4, 0.5) is 0 Å². The first-order chi connectivity index (χ1) is 9.07. The van der Waals surface area contributed by atoms with Crippen LogP contribution in [0.2, 0.25) is 0 Å². The van der Waals surface area contributed by atoms with Crippen molar-refractivity contribution in [2.24, 2.45) is 0 Å². The second kappa shape index (κ2) is 4.31. The number of nitrogens with zero attached hydrogens (tertiary/aromatic N) is 3. The Hall–Kier alpha value is -1.95. The molecule has 6 heteroatoms. The van der Waals surface area contributed by atoms with Crippen molar-refractivity contribution in [2.75, 3.05) is 0 Å². The van der Waals surface area contributed by atoms with Crippen LogP contribution in [-0.4, -0.2) is 31.2 Å². The Morgan fingerprint density at radius 3 is 3.00 bits per heavy atom. The number of aromatic nitrogens is 3. The Balaban J connectivity index is 1.88. The van der Waals surface area contributed by atoms with E-state index in [9.17, 15) is 9.90 Å². The fraction of sp³-hybridized carbons (Fsp3) is 0.462. The molecule has 0 radical (unpaired) electrons. The second-order valence-corrected chi connectivity index (χ2v) is 5.36. The quantitative estimate of drug-likeness (QED) is 0.870. The van der Waals surface area contributed by atoms with E-state index in [1.807, 2.05) is 6.20 Å². The molecule has 0 aliphatic heterocycles. The normalized spacial score (nSPS) is 17.3. The van der Waals surface area contributed by atoms with Crippen LogP contribution in [0.1, 0.15) is 42.1 Å². The average Bonchev–Trinajstić information content (AvgIpc) is 2.80. The van der Waals surface area contributed by atoms with Gasteiger partial charge in [-0.15, -0.1) is 0 Å². The van der Waals surface area contributed by atoms with Crippen molar-refractivity contribution < 1.29 is 9.90 Å². The number of hydrogen-bond acceptors (Lipinski definition) is 4. The molecule has 0 amide bonds. The summed E-state index contributed by atoms with van der Waals surface area (Å²) in [4.78, 5) is 15.2. The van der Waals surface area contributed by atoms with Crippen LogP contribution >= 0.6 is 0 Å². The maximum atomic E-state index is 11.2. The SMILES string of the molecule is CC1(NCc2cc(C(=O)O)c3ncnn3c2)CCC1. The number of pyridine rings is 1. The van der Waals surface area contributed by atoms with E-state index in [1.165, 1.54) is 30.1 Å². The minimum atomic E-state index is -0.977. The van der Waals surface area contributed by atoms with Crippen LogP contribution in [0.25, 0.3) is 5.65 Å². The topological polar surface area (TPSA) is 79.5 Å². The molecule has 19 heavy (non-hydrogen) atoms. The van der Waals surface area contributed by atoms with Gasteiger partial charge in [0.25, 0.3) is 0 Å². The fourth-order valence-electron chi connectivity index (χ4n) is 2.44. The molecule has 1 aliphatic rings. The van der Waals surface area contributed by atoms with Gasteiger partial charge >= 0.3 is 5.97 Å². The van der Waals surface area contributed by atoms with E-state index in [1.54, 1.807) is 6.07 Å². The number of rotatable bonds is 4. The summed E-state index contributed by atoms with van der Waals surface area (Å²) in [6, 6.07) is 1.67. The van der Waals surface area contributed by atoms with E-state index in [0.717, 1.165) is 5.56 Å². The molecule has 2 aromatic heterocycles. The molecule has 0 spiro atoms. The molecule has 0 bridgehead atoms. The van der Waals surface area contributed by atoms with E-state index >= 15 is 0 Å². The maximum Gasteiger partial charge on any atom is 0.339 e. The number of nitrogens with one attached hydrogen (secondary N) is 1. The Kier molecular flexibility index (Phi) is 2.74. The Bertz CT molecular complexity index is 631. The van der Waals surface area contributed by atoms with Crippen molar-refractivity contribution in [1.82, 2.24) is 19.9 Å². The zero-order valence-electron chi connectivity index (χ0n) is 10.8. The molecule has 1 aliphatic carbocycles. The van der Waals surface area contributed by atoms with Gasteiger partial charge in [0.2, 0.25) is 0 Å². The fourth-order valence-corrected chi connectivity index (χ4v) is 2.44. The minimum Gasteiger partial charge on any atom is -0.478 e. The molecule has 0 unspecified atom stereocenters. The predicted molar refractivity (Wildman–Crippen MR) is 69.0 cm³/mol. The van der Waals surface area contributed by atoms with Crippen molar-refractivity contribution in [3.05, 3.63) is 29.7 Å². The number of carboxylic acid groups (broad SMARTS) is 1. The van der Waals surface area contributed by atoms with Crippen LogP contribution < -0.4 is 5.32 Å². The standard InChI is InChI=1S/C13H16N4O2/c1-13(3-2-4-13)15-6-9-5-10(12(18)19)11-14-8-16-17(11)7-9/h5,7-8,15H,2-4,6H2,1H3,(H,18,19). The summed E-state index contributed by atoms with van der Waals surface area (Å²) in [5.41, 5.74) is 1.67. The highest BCUT2D eigenvalue weighted by molar-refractivity contribution is 5.94. The van der Waals surface area contributed by atoms with Crippen LogP contribution in [0.3, 0.4) is 0 Å². The first-order valence-corrected chi connectivity index (χ1v) is 6.38. The molecular weight excluding hydrogens is 244 g/mol. The molecule has 2 heterocycles. The molecule has 0 aromatic carbocycles. The van der Waals surface area contributed by atoms with Gasteiger partial charge in [0.05, 0.1) is 0 Å². The van der Waals surface area contributed by atoms with Gasteiger partial charge in [-0.3, -0.25) is 0 Å². The van der Waals surface area contributed by atoms with Crippen molar-refractivity contribution in [2.45, 2.75) is 38.3 Å². The Labute approximate surface area is 110 Å². The largest absolute Gasteiger partial charge is 0.478 e. The average molecular weight is 260 g/mol. The lowest BCUT2D eigenvalue weighted by Crippen LogP contribution is -2.47. The van der Waals surface area contributed by atoms with Crippen molar-refractivity contribution in [1.29, 1.82) is 0 Å². The summed E-state index contributed by atoms with van der Waals surface area (Å²) < 4.78 is 1.52. The molecule has 2 aromatic rings. The smallest absolute Gasteiger partial charge is 0.339 e. The Morgan fingerprint density at radius 2 is 2.37 bits per heavy atom. The predicted octanol–water partition coefficient (Wildman–Crippen LogP) is 1.46. The van der Waals surface area contributed by atoms with Gasteiger partial charge in [-0.05, 0) is 37.8 Å². The molecule has 100 valence electrons. The van der Waals surface area contributed by atoms with Gasteiger partial charge in [-0.2, -0.15) is 5.10 Å². The third kappa shape index (κ3) is 2.19. The third-order valence-corrected chi connectivity index (χ3v) is 3.84. The van der Waals surface area contributed by atoms with Crippen LogP contribution in [0.5, 0.6) is 0 Å². The summed E-state index contributed by atoms with van der Waals surface area (Å²) in [6.45, 7) is 2.84. The van der Waals surface area contributed by atoms with Gasteiger partial charge in [-0.25, -0.2) is 14.3 Å². The molecule has 1 fully saturated rings. The number of carboxylic acids is 1. The molecule has 3 rings (SSSR count). The highest BCUT2D eigenvalue weighted by atomic mass is 16.4. The van der Waals surface area contributed by atoms with E-state index in [-0.39, 0.29) is 11.1 Å². The molecule has 0 saturated heterocycles. The van der Waals surface area contributed by atoms with Gasteiger partial charge < -0.3 is 10.4 Å². The third-order valence-electron chi connectivity index (χ3n) is 3.84. The number of aromatic carboxylic acids is 1. The first kappa shape index (κ1) is 12.1. The van der Waals surface area contributed by atoms with Gasteiger partial charge in [0.1, 0.15) is 11.9 Å². The second-order valence-electron chi connectivity index (χ2n) is 5.36. The van der Waals surface area contributed by atoms with E-state index < -0.39 is 5.97 Å². The summed E-state index contributed by atoms with van der Waals surface area (Å²) in [7, 11) is 0. The van der Waals surface area contributed by atoms with Gasteiger partial charge in [0.15, 0.2) is 5.65 Å². The highest BCUT2D eigenvalue weighted by Gasteiger charge is 2.30. The number of carbonyl (C=O) groups is 1. The lowest BCUT2D eigenvalue weighted by atomic mass is 9.78. The van der Waals surface area contributed by atoms with Gasteiger partial charge in [-0.1, -0.05) is 0 Å². The zero-order chi connectivity index (χ0) is 13.5. The van der Waals surface area contributed by atoms with E-state index in [2.05, 4.69) is 22.3 Å². The lowest BCUT2D eigenvalue weighted by molar-refractivity contribution is 0.0698. The minimum absolute atomic E-state index is 0.190. The lowest BCUT2D eigenvalue weighted by Gasteiger charge is -2.39. The van der Waals surface area contributed by atoms with Crippen molar-refractivity contribution in [3.8, 4) is 0 Å². The summed E-state index contributed by atoms with van der Waals surface area (Å²) in [5.74, 6) is -0.977.